The van der Waals surface area contributed by atoms with Crippen molar-refractivity contribution in [1.82, 2.24) is 10.6 Å². The first kappa shape index (κ1) is 20.9. The third-order valence-corrected chi connectivity index (χ3v) is 6.13. The van der Waals surface area contributed by atoms with Crippen molar-refractivity contribution >= 4 is 29.6 Å². The van der Waals surface area contributed by atoms with Gasteiger partial charge in [0.05, 0.1) is 6.61 Å². The highest BCUT2D eigenvalue weighted by molar-refractivity contribution is 8.06. The number of amides is 1. The van der Waals surface area contributed by atoms with E-state index in [0.29, 0.717) is 24.4 Å². The molecule has 0 saturated carbocycles. The fourth-order valence-corrected chi connectivity index (χ4v) is 4.88. The number of hydrogen-bond acceptors (Lipinski definition) is 6. The van der Waals surface area contributed by atoms with Gasteiger partial charge >= 0.3 is 6.09 Å². The second kappa shape index (κ2) is 11.4. The number of carbonyl (C=O) groups is 1. The SMILES string of the molecule is COCC(CCCNC(=O)OC(C)(C)C)NCC1CSCCS1. The first-order valence-electron chi connectivity index (χ1n) is 8.29. The van der Waals surface area contributed by atoms with Gasteiger partial charge in [0.25, 0.3) is 0 Å². The van der Waals surface area contributed by atoms with E-state index < -0.39 is 5.60 Å². The highest BCUT2D eigenvalue weighted by Gasteiger charge is 2.17. The smallest absolute Gasteiger partial charge is 0.407 e. The third kappa shape index (κ3) is 11.1. The summed E-state index contributed by atoms with van der Waals surface area (Å²) in [6.07, 6.45) is 1.55. The van der Waals surface area contributed by atoms with Crippen LogP contribution in [0.5, 0.6) is 0 Å². The number of thioether (sulfide) groups is 2. The van der Waals surface area contributed by atoms with E-state index in [2.05, 4.69) is 22.4 Å². The Morgan fingerprint density at radius 2 is 2.13 bits per heavy atom. The summed E-state index contributed by atoms with van der Waals surface area (Å²) in [5, 5.41) is 7.12. The maximum Gasteiger partial charge on any atom is 0.407 e. The Kier molecular flexibility index (Phi) is 10.4. The van der Waals surface area contributed by atoms with Crippen molar-refractivity contribution in [3.8, 4) is 0 Å². The van der Waals surface area contributed by atoms with Crippen LogP contribution in [0.15, 0.2) is 0 Å². The highest BCUT2D eigenvalue weighted by Crippen LogP contribution is 2.23. The van der Waals surface area contributed by atoms with Crippen LogP contribution in [-0.4, -0.2) is 67.1 Å². The molecule has 5 nitrogen and oxygen atoms in total. The Labute approximate surface area is 149 Å². The van der Waals surface area contributed by atoms with Crippen molar-refractivity contribution in [3.05, 3.63) is 0 Å². The molecule has 1 heterocycles. The number of hydrogen-bond donors (Lipinski definition) is 2. The number of rotatable bonds is 9. The predicted octanol–water partition coefficient (Wildman–Crippen LogP) is 2.74. The fraction of sp³-hybridized carbons (Fsp3) is 0.938. The van der Waals surface area contributed by atoms with Crippen molar-refractivity contribution in [2.45, 2.75) is 50.5 Å². The van der Waals surface area contributed by atoms with E-state index in [1.165, 1.54) is 17.3 Å². The number of methoxy groups -OCH3 is 1. The second-order valence-electron chi connectivity index (χ2n) is 6.70. The summed E-state index contributed by atoms with van der Waals surface area (Å²) < 4.78 is 10.5. The minimum Gasteiger partial charge on any atom is -0.444 e. The first-order chi connectivity index (χ1) is 10.9. The quantitative estimate of drug-likeness (QED) is 0.614. The van der Waals surface area contributed by atoms with E-state index >= 15 is 0 Å². The summed E-state index contributed by atoms with van der Waals surface area (Å²) in [7, 11) is 1.73. The number of ether oxygens (including phenoxy) is 2. The van der Waals surface area contributed by atoms with Gasteiger partial charge in [-0.3, -0.25) is 0 Å². The Hall–Kier alpha value is -0.110. The normalized spacial score (nSPS) is 20.1. The Morgan fingerprint density at radius 3 is 2.74 bits per heavy atom. The van der Waals surface area contributed by atoms with Crippen LogP contribution in [0.1, 0.15) is 33.6 Å². The van der Waals surface area contributed by atoms with Gasteiger partial charge in [0, 0.05) is 48.7 Å². The van der Waals surface area contributed by atoms with Gasteiger partial charge in [-0.2, -0.15) is 23.5 Å². The lowest BCUT2D eigenvalue weighted by Gasteiger charge is -2.25. The van der Waals surface area contributed by atoms with E-state index in [4.69, 9.17) is 9.47 Å². The van der Waals surface area contributed by atoms with Crippen LogP contribution in [0.4, 0.5) is 4.79 Å². The predicted molar refractivity (Wildman–Crippen MR) is 101 cm³/mol. The molecule has 0 aromatic heterocycles. The lowest BCUT2D eigenvalue weighted by molar-refractivity contribution is 0.0526. The Balaban J connectivity index is 2.15. The van der Waals surface area contributed by atoms with E-state index in [9.17, 15) is 4.79 Å². The van der Waals surface area contributed by atoms with Crippen LogP contribution in [0, 0.1) is 0 Å². The molecule has 0 spiro atoms. The Bertz CT molecular complexity index is 332. The second-order valence-corrected chi connectivity index (χ2v) is 9.26. The molecule has 7 heteroatoms. The van der Waals surface area contributed by atoms with E-state index in [-0.39, 0.29) is 6.09 Å². The molecule has 0 aromatic rings. The van der Waals surface area contributed by atoms with Crippen molar-refractivity contribution in [1.29, 1.82) is 0 Å². The molecule has 0 aromatic carbocycles. The average molecular weight is 365 g/mol. The molecular formula is C16H32N2O3S2. The number of carbonyl (C=O) groups excluding carboxylic acids is 1. The van der Waals surface area contributed by atoms with E-state index in [1.807, 2.05) is 32.5 Å². The molecule has 0 aliphatic carbocycles. The third-order valence-electron chi connectivity index (χ3n) is 3.28. The van der Waals surface area contributed by atoms with Gasteiger partial charge in [-0.05, 0) is 33.6 Å². The monoisotopic (exact) mass is 364 g/mol. The van der Waals surface area contributed by atoms with Gasteiger partial charge in [-0.25, -0.2) is 4.79 Å². The van der Waals surface area contributed by atoms with Crippen LogP contribution in [0.2, 0.25) is 0 Å². The summed E-state index contributed by atoms with van der Waals surface area (Å²) >= 11 is 4.11. The molecule has 0 radical (unpaired) electrons. The summed E-state index contributed by atoms with van der Waals surface area (Å²) in [4.78, 5) is 11.6. The number of nitrogens with one attached hydrogen (secondary N) is 2. The van der Waals surface area contributed by atoms with E-state index in [0.717, 1.165) is 19.4 Å². The van der Waals surface area contributed by atoms with Crippen molar-refractivity contribution in [2.75, 3.05) is 44.1 Å². The molecule has 1 aliphatic heterocycles. The maximum absolute atomic E-state index is 11.6. The van der Waals surface area contributed by atoms with Gasteiger partial charge in [0.1, 0.15) is 5.60 Å². The van der Waals surface area contributed by atoms with Crippen molar-refractivity contribution in [3.63, 3.8) is 0 Å². The minimum absolute atomic E-state index is 0.341. The molecule has 136 valence electrons. The topological polar surface area (TPSA) is 59.6 Å². The van der Waals surface area contributed by atoms with Gasteiger partial charge < -0.3 is 20.1 Å². The average Bonchev–Trinajstić information content (AvgIpc) is 2.48. The summed E-state index contributed by atoms with van der Waals surface area (Å²) in [6.45, 7) is 7.97. The number of alkyl carbamates (subject to hydrolysis) is 1. The lowest BCUT2D eigenvalue weighted by atomic mass is 10.1. The van der Waals surface area contributed by atoms with Crippen molar-refractivity contribution in [2.24, 2.45) is 0 Å². The highest BCUT2D eigenvalue weighted by atomic mass is 32.2. The molecule has 2 N–H and O–H groups in total. The zero-order valence-corrected chi connectivity index (χ0v) is 16.5. The fourth-order valence-electron chi connectivity index (χ4n) is 2.25. The van der Waals surface area contributed by atoms with Gasteiger partial charge in [0.2, 0.25) is 0 Å². The molecule has 1 aliphatic rings. The molecular weight excluding hydrogens is 332 g/mol. The Morgan fingerprint density at radius 1 is 1.35 bits per heavy atom. The van der Waals surface area contributed by atoms with Gasteiger partial charge in [-0.15, -0.1) is 0 Å². The largest absolute Gasteiger partial charge is 0.444 e. The van der Waals surface area contributed by atoms with E-state index in [1.54, 1.807) is 7.11 Å². The van der Waals surface area contributed by atoms with Crippen LogP contribution >= 0.6 is 23.5 Å². The molecule has 2 atom stereocenters. The maximum atomic E-state index is 11.6. The van der Waals surface area contributed by atoms with Crippen LogP contribution in [0.3, 0.4) is 0 Å². The minimum atomic E-state index is -0.445. The molecule has 1 rings (SSSR count). The standard InChI is InChI=1S/C16H32N2O3S2/c1-16(2,3)21-15(19)17-7-5-6-13(11-20-4)18-10-14-12-22-8-9-23-14/h13-14,18H,5-12H2,1-4H3,(H,17,19). The molecule has 1 fully saturated rings. The summed E-state index contributed by atoms with van der Waals surface area (Å²) in [5.74, 6) is 3.77. The van der Waals surface area contributed by atoms with Crippen LogP contribution in [-0.2, 0) is 9.47 Å². The first-order valence-corrected chi connectivity index (χ1v) is 10.5. The van der Waals surface area contributed by atoms with Gasteiger partial charge in [0.15, 0.2) is 0 Å². The summed E-state index contributed by atoms with van der Waals surface area (Å²) in [5.41, 5.74) is -0.445. The summed E-state index contributed by atoms with van der Waals surface area (Å²) in [6, 6.07) is 0.341. The van der Waals surface area contributed by atoms with Crippen LogP contribution < -0.4 is 10.6 Å². The van der Waals surface area contributed by atoms with Crippen molar-refractivity contribution < 1.29 is 14.3 Å². The zero-order chi connectivity index (χ0) is 17.1. The molecule has 23 heavy (non-hydrogen) atoms. The lowest BCUT2D eigenvalue weighted by Crippen LogP contribution is -2.40. The molecule has 2 unspecified atom stereocenters. The zero-order valence-electron chi connectivity index (χ0n) is 14.9. The van der Waals surface area contributed by atoms with Crippen LogP contribution in [0.25, 0.3) is 0 Å². The molecule has 1 amide bonds. The molecule has 0 bridgehead atoms. The van der Waals surface area contributed by atoms with Gasteiger partial charge in [-0.1, -0.05) is 0 Å². The molecule has 1 saturated heterocycles.